The molecule has 28 heavy (non-hydrogen) atoms. The van der Waals surface area contributed by atoms with E-state index in [-0.39, 0.29) is 12.2 Å². The molecule has 0 N–H and O–H groups in total. The highest BCUT2D eigenvalue weighted by molar-refractivity contribution is 5.92. The summed E-state index contributed by atoms with van der Waals surface area (Å²) in [5.41, 5.74) is 2.51. The van der Waals surface area contributed by atoms with E-state index in [1.807, 2.05) is 30.3 Å². The van der Waals surface area contributed by atoms with E-state index in [1.165, 1.54) is 14.2 Å². The summed E-state index contributed by atoms with van der Waals surface area (Å²) in [5.74, 6) is 0.345. The Morgan fingerprint density at radius 1 is 1.14 bits per heavy atom. The van der Waals surface area contributed by atoms with Crippen LogP contribution in [0.25, 0.3) is 5.69 Å². The van der Waals surface area contributed by atoms with Crippen LogP contribution < -0.4 is 9.47 Å². The van der Waals surface area contributed by atoms with Crippen LogP contribution in [-0.4, -0.2) is 30.0 Å². The highest BCUT2D eigenvalue weighted by Gasteiger charge is 2.20. The second kappa shape index (κ2) is 8.27. The van der Waals surface area contributed by atoms with Crippen molar-refractivity contribution in [3.63, 3.8) is 0 Å². The predicted molar refractivity (Wildman–Crippen MR) is 102 cm³/mol. The zero-order chi connectivity index (χ0) is 20.1. The first kappa shape index (κ1) is 19.0. The maximum absolute atomic E-state index is 12.6. The number of aromatic nitrogens is 2. The van der Waals surface area contributed by atoms with E-state index >= 15 is 0 Å². The second-order valence-corrected chi connectivity index (χ2v) is 5.91. The van der Waals surface area contributed by atoms with Crippen LogP contribution in [0.15, 0.2) is 48.5 Å². The number of ether oxygens (including phenoxy) is 3. The van der Waals surface area contributed by atoms with Crippen molar-refractivity contribution in [1.29, 1.82) is 5.26 Å². The first-order valence-corrected chi connectivity index (χ1v) is 8.52. The molecule has 142 valence electrons. The van der Waals surface area contributed by atoms with Gasteiger partial charge in [-0.3, -0.25) is 0 Å². The Balaban J connectivity index is 1.89. The molecule has 0 bridgehead atoms. The van der Waals surface area contributed by atoms with Gasteiger partial charge in [-0.15, -0.1) is 0 Å². The molecular formula is C21H19N3O4. The van der Waals surface area contributed by atoms with Gasteiger partial charge in [0.25, 0.3) is 0 Å². The molecule has 1 heterocycles. The van der Waals surface area contributed by atoms with Gasteiger partial charge in [-0.05, 0) is 31.2 Å². The predicted octanol–water partition coefficient (Wildman–Crippen LogP) is 3.43. The molecule has 1 aromatic heterocycles. The monoisotopic (exact) mass is 377 g/mol. The standard InChI is InChI=1S/C21H19N3O4/c1-14-18(12-22)19(24(23-14)15-7-5-4-6-8-15)13-28-21(25)17-10-9-16(26-2)11-20(17)27-3/h4-11H,13H2,1-3H3. The topological polar surface area (TPSA) is 86.4 Å². The third kappa shape index (κ3) is 3.67. The maximum atomic E-state index is 12.6. The van der Waals surface area contributed by atoms with Crippen LogP contribution in [0.1, 0.15) is 27.3 Å². The van der Waals surface area contributed by atoms with Gasteiger partial charge in [0.2, 0.25) is 0 Å². The zero-order valence-corrected chi connectivity index (χ0v) is 15.8. The molecule has 0 atom stereocenters. The molecule has 7 nitrogen and oxygen atoms in total. The lowest BCUT2D eigenvalue weighted by molar-refractivity contribution is 0.0461. The molecule has 3 aromatic rings. The molecule has 0 saturated heterocycles. The van der Waals surface area contributed by atoms with Crippen molar-refractivity contribution < 1.29 is 19.0 Å². The molecule has 7 heteroatoms. The molecular weight excluding hydrogens is 358 g/mol. The number of carbonyl (C=O) groups is 1. The lowest BCUT2D eigenvalue weighted by Crippen LogP contribution is -2.11. The van der Waals surface area contributed by atoms with Gasteiger partial charge in [-0.1, -0.05) is 18.2 Å². The van der Waals surface area contributed by atoms with Gasteiger partial charge in [0.05, 0.1) is 31.3 Å². The summed E-state index contributed by atoms with van der Waals surface area (Å²) in [6.07, 6.45) is 0. The Morgan fingerprint density at radius 2 is 1.89 bits per heavy atom. The Morgan fingerprint density at radius 3 is 2.54 bits per heavy atom. The lowest BCUT2D eigenvalue weighted by atomic mass is 10.2. The summed E-state index contributed by atoms with van der Waals surface area (Å²) in [6.45, 7) is 1.64. The second-order valence-electron chi connectivity index (χ2n) is 5.91. The fourth-order valence-electron chi connectivity index (χ4n) is 2.82. The van der Waals surface area contributed by atoms with Gasteiger partial charge in [0.1, 0.15) is 35.3 Å². The van der Waals surface area contributed by atoms with Crippen molar-refractivity contribution in [2.75, 3.05) is 14.2 Å². The number of esters is 1. The fraction of sp³-hybridized carbons (Fsp3) is 0.190. The fourth-order valence-corrected chi connectivity index (χ4v) is 2.82. The normalized spacial score (nSPS) is 10.2. The highest BCUT2D eigenvalue weighted by Crippen LogP contribution is 2.26. The summed E-state index contributed by atoms with van der Waals surface area (Å²) < 4.78 is 17.5. The molecule has 0 amide bonds. The number of para-hydroxylation sites is 1. The van der Waals surface area contributed by atoms with Crippen LogP contribution in [-0.2, 0) is 11.3 Å². The van der Waals surface area contributed by atoms with E-state index in [0.717, 1.165) is 5.69 Å². The van der Waals surface area contributed by atoms with E-state index in [9.17, 15) is 10.1 Å². The number of nitrogens with zero attached hydrogens (tertiary/aromatic N) is 3. The molecule has 0 unspecified atom stereocenters. The molecule has 0 radical (unpaired) electrons. The number of hydrogen-bond donors (Lipinski definition) is 0. The van der Waals surface area contributed by atoms with Crippen LogP contribution in [0, 0.1) is 18.3 Å². The Bertz CT molecular complexity index is 1040. The maximum Gasteiger partial charge on any atom is 0.342 e. The number of rotatable bonds is 6. The first-order chi connectivity index (χ1) is 13.6. The average molecular weight is 377 g/mol. The number of carbonyl (C=O) groups excluding carboxylic acids is 1. The largest absolute Gasteiger partial charge is 0.497 e. The Labute approximate surface area is 162 Å². The average Bonchev–Trinajstić information content (AvgIpc) is 3.07. The van der Waals surface area contributed by atoms with Crippen molar-refractivity contribution in [2.45, 2.75) is 13.5 Å². The van der Waals surface area contributed by atoms with Crippen LogP contribution in [0.5, 0.6) is 11.5 Å². The minimum Gasteiger partial charge on any atom is -0.497 e. The quantitative estimate of drug-likeness (QED) is 0.612. The van der Waals surface area contributed by atoms with Gasteiger partial charge < -0.3 is 14.2 Å². The minimum absolute atomic E-state index is 0.105. The number of hydrogen-bond acceptors (Lipinski definition) is 6. The van der Waals surface area contributed by atoms with E-state index in [0.29, 0.717) is 28.5 Å². The molecule has 0 aliphatic rings. The van der Waals surface area contributed by atoms with Crippen molar-refractivity contribution in [1.82, 2.24) is 9.78 Å². The van der Waals surface area contributed by atoms with Crippen LogP contribution in [0.4, 0.5) is 0 Å². The van der Waals surface area contributed by atoms with E-state index in [4.69, 9.17) is 14.2 Å². The van der Waals surface area contributed by atoms with Crippen LogP contribution in [0.2, 0.25) is 0 Å². The van der Waals surface area contributed by atoms with Crippen molar-refractivity contribution in [3.05, 3.63) is 71.0 Å². The van der Waals surface area contributed by atoms with Gasteiger partial charge in [-0.25, -0.2) is 9.48 Å². The van der Waals surface area contributed by atoms with Crippen LogP contribution >= 0.6 is 0 Å². The third-order valence-electron chi connectivity index (χ3n) is 4.24. The molecule has 0 saturated carbocycles. The Hall–Kier alpha value is -3.79. The Kier molecular flexibility index (Phi) is 5.61. The van der Waals surface area contributed by atoms with Gasteiger partial charge in [0, 0.05) is 6.07 Å². The van der Waals surface area contributed by atoms with E-state index in [2.05, 4.69) is 11.2 Å². The number of benzene rings is 2. The molecule has 0 aliphatic heterocycles. The summed E-state index contributed by atoms with van der Waals surface area (Å²) >= 11 is 0. The molecule has 0 fully saturated rings. The first-order valence-electron chi connectivity index (χ1n) is 8.52. The van der Waals surface area contributed by atoms with Crippen molar-refractivity contribution >= 4 is 5.97 Å². The lowest BCUT2D eigenvalue weighted by Gasteiger charge is -2.11. The SMILES string of the molecule is COc1ccc(C(=O)OCc2c(C#N)c(C)nn2-c2ccccc2)c(OC)c1. The third-order valence-corrected chi connectivity index (χ3v) is 4.24. The highest BCUT2D eigenvalue weighted by atomic mass is 16.5. The zero-order valence-electron chi connectivity index (χ0n) is 15.8. The number of nitriles is 1. The molecule has 0 spiro atoms. The van der Waals surface area contributed by atoms with Gasteiger partial charge in [-0.2, -0.15) is 10.4 Å². The summed E-state index contributed by atoms with van der Waals surface area (Å²) in [7, 11) is 3.00. The summed E-state index contributed by atoms with van der Waals surface area (Å²) in [5, 5.41) is 13.9. The summed E-state index contributed by atoms with van der Waals surface area (Å²) in [4.78, 5) is 12.6. The van der Waals surface area contributed by atoms with Crippen molar-refractivity contribution in [3.8, 4) is 23.3 Å². The smallest absolute Gasteiger partial charge is 0.342 e. The minimum atomic E-state index is -0.568. The van der Waals surface area contributed by atoms with Crippen LogP contribution in [0.3, 0.4) is 0 Å². The molecule has 3 rings (SSSR count). The van der Waals surface area contributed by atoms with Gasteiger partial charge >= 0.3 is 5.97 Å². The van der Waals surface area contributed by atoms with E-state index < -0.39 is 5.97 Å². The molecule has 2 aromatic carbocycles. The molecule has 0 aliphatic carbocycles. The van der Waals surface area contributed by atoms with E-state index in [1.54, 1.807) is 29.8 Å². The number of aryl methyl sites for hydroxylation is 1. The summed E-state index contributed by atoms with van der Waals surface area (Å²) in [6, 6.07) is 16.3. The van der Waals surface area contributed by atoms with Gasteiger partial charge in [0.15, 0.2) is 0 Å². The van der Waals surface area contributed by atoms with Crippen molar-refractivity contribution in [2.24, 2.45) is 0 Å². The number of methoxy groups -OCH3 is 2.